The van der Waals surface area contributed by atoms with Crippen molar-refractivity contribution in [1.29, 1.82) is 0 Å². The summed E-state index contributed by atoms with van der Waals surface area (Å²) in [6, 6.07) is 5.16. The van der Waals surface area contributed by atoms with E-state index in [2.05, 4.69) is 5.32 Å². The van der Waals surface area contributed by atoms with Crippen molar-refractivity contribution in [1.82, 2.24) is 5.32 Å². The maximum absolute atomic E-state index is 11.2. The van der Waals surface area contributed by atoms with E-state index >= 15 is 0 Å². The average Bonchev–Trinajstić information content (AvgIpc) is 2.34. The lowest BCUT2D eigenvalue weighted by Crippen LogP contribution is -2.27. The number of carbonyl (C=O) groups is 2. The number of hydrogen-bond acceptors (Lipinski definition) is 3. The van der Waals surface area contributed by atoms with Crippen LogP contribution in [0.2, 0.25) is 0 Å². The van der Waals surface area contributed by atoms with E-state index in [4.69, 9.17) is 5.11 Å². The Morgan fingerprint density at radius 1 is 1.39 bits per heavy atom. The van der Waals surface area contributed by atoms with Crippen LogP contribution in [0.15, 0.2) is 18.2 Å². The third-order valence-electron chi connectivity index (χ3n) is 2.75. The molecule has 0 atom stereocenters. The summed E-state index contributed by atoms with van der Waals surface area (Å²) in [5, 5.41) is 11.7. The maximum Gasteiger partial charge on any atom is 0.337 e. The number of aryl methyl sites for hydroxylation is 1. The molecule has 0 saturated carbocycles. The quantitative estimate of drug-likeness (QED) is 0.825. The van der Waals surface area contributed by atoms with E-state index in [0.29, 0.717) is 18.7 Å². The van der Waals surface area contributed by atoms with Gasteiger partial charge in [-0.15, -0.1) is 0 Å². The molecular weight excluding hydrogens is 232 g/mol. The molecule has 2 N–H and O–H groups in total. The molecule has 5 nitrogen and oxygen atoms in total. The fourth-order valence-electron chi connectivity index (χ4n) is 1.65. The highest BCUT2D eigenvalue weighted by molar-refractivity contribution is 5.94. The second-order valence-electron chi connectivity index (χ2n) is 4.17. The van der Waals surface area contributed by atoms with Crippen LogP contribution >= 0.6 is 0 Å². The number of nitrogens with zero attached hydrogens (tertiary/aromatic N) is 1. The van der Waals surface area contributed by atoms with Crippen molar-refractivity contribution >= 4 is 17.6 Å². The summed E-state index contributed by atoms with van der Waals surface area (Å²) >= 11 is 0. The number of amides is 1. The van der Waals surface area contributed by atoms with Crippen LogP contribution in [0, 0.1) is 6.92 Å². The second-order valence-corrected chi connectivity index (χ2v) is 4.17. The molecule has 1 aromatic carbocycles. The van der Waals surface area contributed by atoms with Crippen LogP contribution in [0.25, 0.3) is 0 Å². The third kappa shape index (κ3) is 3.48. The molecule has 0 aliphatic heterocycles. The summed E-state index contributed by atoms with van der Waals surface area (Å²) in [5.41, 5.74) is 1.87. The molecule has 1 amide bonds. The fourth-order valence-corrected chi connectivity index (χ4v) is 1.65. The average molecular weight is 250 g/mol. The molecule has 98 valence electrons. The van der Waals surface area contributed by atoms with Crippen LogP contribution in [0.1, 0.15) is 22.3 Å². The molecule has 0 aliphatic carbocycles. The zero-order valence-electron chi connectivity index (χ0n) is 10.9. The van der Waals surface area contributed by atoms with E-state index in [9.17, 15) is 9.59 Å². The number of carboxylic acids is 1. The molecule has 0 radical (unpaired) electrons. The highest BCUT2D eigenvalue weighted by Crippen LogP contribution is 2.21. The van der Waals surface area contributed by atoms with Gasteiger partial charge in [0.05, 0.1) is 11.3 Å². The third-order valence-corrected chi connectivity index (χ3v) is 2.75. The van der Waals surface area contributed by atoms with E-state index < -0.39 is 5.97 Å². The van der Waals surface area contributed by atoms with E-state index in [-0.39, 0.29) is 11.5 Å². The molecule has 0 fully saturated rings. The molecule has 0 spiro atoms. The Labute approximate surface area is 106 Å². The van der Waals surface area contributed by atoms with Crippen molar-refractivity contribution in [3.05, 3.63) is 29.3 Å². The normalized spacial score (nSPS) is 9.94. The molecule has 0 aromatic heterocycles. The van der Waals surface area contributed by atoms with Gasteiger partial charge in [-0.25, -0.2) is 4.79 Å². The van der Waals surface area contributed by atoms with Gasteiger partial charge < -0.3 is 15.3 Å². The molecule has 0 unspecified atom stereocenters. The number of carbonyl (C=O) groups excluding carboxylic acids is 1. The van der Waals surface area contributed by atoms with Gasteiger partial charge in [0, 0.05) is 27.1 Å². The Bertz CT molecular complexity index is 458. The summed E-state index contributed by atoms with van der Waals surface area (Å²) < 4.78 is 0. The molecule has 18 heavy (non-hydrogen) atoms. The smallest absolute Gasteiger partial charge is 0.337 e. The minimum atomic E-state index is -0.961. The van der Waals surface area contributed by atoms with Crippen LogP contribution in [-0.4, -0.2) is 37.6 Å². The van der Waals surface area contributed by atoms with Crippen molar-refractivity contribution in [2.75, 3.05) is 25.5 Å². The lowest BCUT2D eigenvalue weighted by Gasteiger charge is -2.21. The van der Waals surface area contributed by atoms with Crippen molar-refractivity contribution in [3.63, 3.8) is 0 Å². The number of benzene rings is 1. The van der Waals surface area contributed by atoms with Gasteiger partial charge >= 0.3 is 5.97 Å². The Morgan fingerprint density at radius 2 is 2.06 bits per heavy atom. The van der Waals surface area contributed by atoms with E-state index in [1.165, 1.54) is 0 Å². The molecule has 0 aliphatic rings. The molecule has 1 aromatic rings. The van der Waals surface area contributed by atoms with E-state index in [0.717, 1.165) is 5.56 Å². The number of carboxylic acid groups (broad SMARTS) is 1. The largest absolute Gasteiger partial charge is 0.478 e. The topological polar surface area (TPSA) is 69.6 Å². The van der Waals surface area contributed by atoms with Gasteiger partial charge in [0.2, 0.25) is 5.91 Å². The SMILES string of the molecule is CNC(=O)CCN(C)c1cc(C)ccc1C(=O)O. The van der Waals surface area contributed by atoms with E-state index in [1.807, 2.05) is 13.0 Å². The van der Waals surface area contributed by atoms with Gasteiger partial charge in [0.25, 0.3) is 0 Å². The van der Waals surface area contributed by atoms with Gasteiger partial charge in [-0.1, -0.05) is 6.07 Å². The van der Waals surface area contributed by atoms with Gasteiger partial charge in [-0.2, -0.15) is 0 Å². The minimum absolute atomic E-state index is 0.0635. The van der Waals surface area contributed by atoms with Gasteiger partial charge in [0.1, 0.15) is 0 Å². The summed E-state index contributed by atoms with van der Waals surface area (Å²) in [4.78, 5) is 24.1. The lowest BCUT2D eigenvalue weighted by atomic mass is 10.1. The first-order chi connectivity index (χ1) is 8.45. The first-order valence-corrected chi connectivity index (χ1v) is 5.71. The van der Waals surface area contributed by atoms with Crippen molar-refractivity contribution < 1.29 is 14.7 Å². The molecule has 0 saturated heterocycles. The molecule has 0 heterocycles. The van der Waals surface area contributed by atoms with Crippen LogP contribution in [0.4, 0.5) is 5.69 Å². The Balaban J connectivity index is 2.89. The standard InChI is InChI=1S/C13H18N2O3/c1-9-4-5-10(13(17)18)11(8-9)15(3)7-6-12(16)14-2/h4-5,8H,6-7H2,1-3H3,(H,14,16)(H,17,18). The highest BCUT2D eigenvalue weighted by Gasteiger charge is 2.14. The highest BCUT2D eigenvalue weighted by atomic mass is 16.4. The van der Waals surface area contributed by atoms with Crippen molar-refractivity contribution in [2.24, 2.45) is 0 Å². The summed E-state index contributed by atoms with van der Waals surface area (Å²) in [5.74, 6) is -1.02. The number of anilines is 1. The minimum Gasteiger partial charge on any atom is -0.478 e. The van der Waals surface area contributed by atoms with Gasteiger partial charge in [-0.05, 0) is 24.6 Å². The Hall–Kier alpha value is -2.04. The molecule has 5 heteroatoms. The lowest BCUT2D eigenvalue weighted by molar-refractivity contribution is -0.120. The van der Waals surface area contributed by atoms with Crippen LogP contribution < -0.4 is 10.2 Å². The predicted octanol–water partition coefficient (Wildman–Crippen LogP) is 1.27. The Kier molecular flexibility index (Phi) is 4.71. The van der Waals surface area contributed by atoms with Crippen molar-refractivity contribution in [3.8, 4) is 0 Å². The van der Waals surface area contributed by atoms with Crippen molar-refractivity contribution in [2.45, 2.75) is 13.3 Å². The summed E-state index contributed by atoms with van der Waals surface area (Å²) in [7, 11) is 3.36. The first-order valence-electron chi connectivity index (χ1n) is 5.71. The first kappa shape index (κ1) is 14.0. The zero-order valence-corrected chi connectivity index (χ0v) is 10.9. The number of aromatic carboxylic acids is 1. The van der Waals surface area contributed by atoms with Crippen LogP contribution in [0.3, 0.4) is 0 Å². The second kappa shape index (κ2) is 6.05. The molecule has 0 bridgehead atoms. The molecular formula is C13H18N2O3. The predicted molar refractivity (Wildman–Crippen MR) is 70.1 cm³/mol. The van der Waals surface area contributed by atoms with Crippen LogP contribution in [-0.2, 0) is 4.79 Å². The number of nitrogens with one attached hydrogen (secondary N) is 1. The number of rotatable bonds is 5. The van der Waals surface area contributed by atoms with Crippen LogP contribution in [0.5, 0.6) is 0 Å². The Morgan fingerprint density at radius 3 is 2.61 bits per heavy atom. The summed E-state index contributed by atoms with van der Waals surface area (Å²) in [6.45, 7) is 2.38. The van der Waals surface area contributed by atoms with Gasteiger partial charge in [0.15, 0.2) is 0 Å². The van der Waals surface area contributed by atoms with Gasteiger partial charge in [-0.3, -0.25) is 4.79 Å². The maximum atomic E-state index is 11.2. The number of hydrogen-bond donors (Lipinski definition) is 2. The summed E-state index contributed by atoms with van der Waals surface area (Å²) in [6.07, 6.45) is 0.333. The fraction of sp³-hybridized carbons (Fsp3) is 0.385. The monoisotopic (exact) mass is 250 g/mol. The van der Waals surface area contributed by atoms with E-state index in [1.54, 1.807) is 31.1 Å². The zero-order chi connectivity index (χ0) is 13.7. The molecule has 1 rings (SSSR count).